The Labute approximate surface area is 194 Å². The van der Waals surface area contributed by atoms with Crippen LogP contribution in [0.5, 0.6) is 0 Å². The first-order valence-electron chi connectivity index (χ1n) is 12.2. The van der Waals surface area contributed by atoms with E-state index in [1.165, 1.54) is 42.5 Å². The van der Waals surface area contributed by atoms with E-state index >= 15 is 0 Å². The maximum Gasteiger partial charge on any atom is 0.225 e. The lowest BCUT2D eigenvalue weighted by atomic mass is 9.57. The third-order valence-corrected chi connectivity index (χ3v) is 8.49. The van der Waals surface area contributed by atoms with Crippen molar-refractivity contribution < 1.29 is 0 Å². The molecule has 0 atom stereocenters. The van der Waals surface area contributed by atoms with Crippen LogP contribution in [0.1, 0.15) is 66.9 Å². The monoisotopic (exact) mass is 441 g/mol. The topological polar surface area (TPSA) is 63.0 Å². The summed E-state index contributed by atoms with van der Waals surface area (Å²) in [4.78, 5) is 14.0. The molecule has 4 heterocycles. The van der Waals surface area contributed by atoms with E-state index in [4.69, 9.17) is 10.2 Å². The zero-order valence-corrected chi connectivity index (χ0v) is 19.8. The predicted molar refractivity (Wildman–Crippen MR) is 126 cm³/mol. The van der Waals surface area contributed by atoms with Crippen LogP contribution in [0.2, 0.25) is 0 Å². The summed E-state index contributed by atoms with van der Waals surface area (Å²) in [5, 5.41) is 9.51. The Bertz CT molecular complexity index is 1230. The number of hydrogen-bond acceptors (Lipinski definition) is 6. The minimum Gasteiger partial charge on any atom is -0.340 e. The molecule has 1 spiro atoms. The summed E-state index contributed by atoms with van der Waals surface area (Å²) in [6.45, 7) is 10.6. The molecule has 2 aliphatic heterocycles. The Morgan fingerprint density at radius 3 is 2.42 bits per heavy atom. The average molecular weight is 442 g/mol. The van der Waals surface area contributed by atoms with E-state index in [9.17, 15) is 0 Å². The molecule has 2 saturated carbocycles. The van der Waals surface area contributed by atoms with E-state index in [0.29, 0.717) is 16.9 Å². The van der Waals surface area contributed by atoms with E-state index in [1.54, 1.807) is 0 Å². The van der Waals surface area contributed by atoms with Gasteiger partial charge in [-0.25, -0.2) is 9.97 Å². The maximum absolute atomic E-state index is 4.78. The summed E-state index contributed by atoms with van der Waals surface area (Å²) < 4.78 is 2.40. The van der Waals surface area contributed by atoms with Crippen LogP contribution in [0.3, 0.4) is 0 Å². The molecule has 170 valence electrons. The average Bonchev–Trinajstić information content (AvgIpc) is 3.40. The number of fused-ring (bicyclic) bond motifs is 3. The van der Waals surface area contributed by atoms with Gasteiger partial charge in [-0.15, -0.1) is 10.2 Å². The zero-order chi connectivity index (χ0) is 22.4. The molecule has 0 unspecified atom stereocenters. The van der Waals surface area contributed by atoms with E-state index in [1.807, 2.05) is 19.3 Å². The molecule has 2 aromatic heterocycles. The summed E-state index contributed by atoms with van der Waals surface area (Å²) in [5.41, 5.74) is 5.82. The summed E-state index contributed by atoms with van der Waals surface area (Å²) in [5.74, 6) is 3.60. The molecule has 7 rings (SSSR count). The summed E-state index contributed by atoms with van der Waals surface area (Å²) in [6.07, 6.45) is 8.73. The molecule has 3 aromatic rings. The lowest BCUT2D eigenvalue weighted by molar-refractivity contribution is 0.0574. The van der Waals surface area contributed by atoms with Gasteiger partial charge >= 0.3 is 0 Å². The van der Waals surface area contributed by atoms with Gasteiger partial charge in [-0.05, 0) is 63.6 Å². The largest absolute Gasteiger partial charge is 0.340 e. The van der Waals surface area contributed by atoms with E-state index < -0.39 is 0 Å². The highest BCUT2D eigenvalue weighted by atomic mass is 15.4. The van der Waals surface area contributed by atoms with Crippen LogP contribution in [0.15, 0.2) is 30.6 Å². The number of nitrogens with zero attached hydrogens (tertiary/aromatic N) is 7. The minimum atomic E-state index is 0.316. The van der Waals surface area contributed by atoms with Crippen LogP contribution >= 0.6 is 0 Å². The van der Waals surface area contributed by atoms with E-state index in [2.05, 4.69) is 56.4 Å². The SMILES string of the molecule is Cc1cnc(N2CC3(CC(c4nnc5n4-c4ccc(C)cc4CN(C4(C)CC4)C5)C3)C2)nc1. The Morgan fingerprint density at radius 2 is 1.70 bits per heavy atom. The van der Waals surface area contributed by atoms with Gasteiger partial charge in [0.05, 0.1) is 12.2 Å². The first kappa shape index (κ1) is 19.6. The van der Waals surface area contributed by atoms with Crippen molar-refractivity contribution in [3.8, 4) is 5.69 Å². The van der Waals surface area contributed by atoms with Crippen LogP contribution in [0, 0.1) is 19.3 Å². The molecule has 33 heavy (non-hydrogen) atoms. The van der Waals surface area contributed by atoms with Crippen LogP contribution in [0.4, 0.5) is 5.95 Å². The second-order valence-electron chi connectivity index (χ2n) is 11.3. The quantitative estimate of drug-likeness (QED) is 0.614. The Kier molecular flexibility index (Phi) is 3.95. The maximum atomic E-state index is 4.78. The first-order chi connectivity index (χ1) is 15.9. The van der Waals surface area contributed by atoms with Crippen molar-refractivity contribution in [2.75, 3.05) is 18.0 Å². The predicted octanol–water partition coefficient (Wildman–Crippen LogP) is 3.93. The molecule has 1 saturated heterocycles. The molecular weight excluding hydrogens is 410 g/mol. The van der Waals surface area contributed by atoms with Crippen LogP contribution in [0.25, 0.3) is 5.69 Å². The van der Waals surface area contributed by atoms with Crippen molar-refractivity contribution in [2.24, 2.45) is 5.41 Å². The van der Waals surface area contributed by atoms with Crippen molar-refractivity contribution in [1.29, 1.82) is 0 Å². The zero-order valence-electron chi connectivity index (χ0n) is 19.8. The molecule has 4 aliphatic rings. The molecule has 0 amide bonds. The van der Waals surface area contributed by atoms with Crippen LogP contribution in [-0.4, -0.2) is 48.3 Å². The van der Waals surface area contributed by atoms with Crippen LogP contribution < -0.4 is 4.90 Å². The van der Waals surface area contributed by atoms with E-state index in [-0.39, 0.29) is 0 Å². The molecule has 0 bridgehead atoms. The van der Waals surface area contributed by atoms with E-state index in [0.717, 1.165) is 49.3 Å². The summed E-state index contributed by atoms with van der Waals surface area (Å²) in [7, 11) is 0. The number of hydrogen-bond donors (Lipinski definition) is 0. The molecular formula is C26H31N7. The molecule has 2 aliphatic carbocycles. The molecule has 7 nitrogen and oxygen atoms in total. The van der Waals surface area contributed by atoms with Gasteiger partial charge in [-0.3, -0.25) is 9.47 Å². The number of rotatable bonds is 3. The lowest BCUT2D eigenvalue weighted by Crippen LogP contribution is -2.62. The fourth-order valence-corrected chi connectivity index (χ4v) is 6.21. The van der Waals surface area contributed by atoms with Gasteiger partial charge in [0.2, 0.25) is 5.95 Å². The van der Waals surface area contributed by atoms with Gasteiger partial charge < -0.3 is 4.90 Å². The minimum absolute atomic E-state index is 0.316. The van der Waals surface area contributed by atoms with Crippen molar-refractivity contribution >= 4 is 5.95 Å². The Hall–Kier alpha value is -2.80. The van der Waals surface area contributed by atoms with Crippen molar-refractivity contribution in [1.82, 2.24) is 29.6 Å². The van der Waals surface area contributed by atoms with Crippen molar-refractivity contribution in [3.05, 3.63) is 58.9 Å². The number of benzene rings is 1. The van der Waals surface area contributed by atoms with Gasteiger partial charge in [-0.1, -0.05) is 17.7 Å². The highest BCUT2D eigenvalue weighted by molar-refractivity contribution is 5.47. The second-order valence-corrected chi connectivity index (χ2v) is 11.3. The van der Waals surface area contributed by atoms with Gasteiger partial charge in [0.1, 0.15) is 5.82 Å². The third kappa shape index (κ3) is 3.05. The molecule has 1 aromatic carbocycles. The Balaban J connectivity index is 1.15. The smallest absolute Gasteiger partial charge is 0.225 e. The van der Waals surface area contributed by atoms with Gasteiger partial charge in [0.25, 0.3) is 0 Å². The fraction of sp³-hybridized carbons (Fsp3) is 0.538. The van der Waals surface area contributed by atoms with Gasteiger partial charge in [0.15, 0.2) is 5.82 Å². The second kappa shape index (κ2) is 6.63. The summed E-state index contributed by atoms with van der Waals surface area (Å²) >= 11 is 0. The number of aryl methyl sites for hydroxylation is 2. The van der Waals surface area contributed by atoms with Crippen LogP contribution in [-0.2, 0) is 13.1 Å². The lowest BCUT2D eigenvalue weighted by Gasteiger charge is -2.58. The van der Waals surface area contributed by atoms with Crippen molar-refractivity contribution in [2.45, 2.75) is 71.0 Å². The Morgan fingerprint density at radius 1 is 0.939 bits per heavy atom. The third-order valence-electron chi connectivity index (χ3n) is 8.49. The van der Waals surface area contributed by atoms with Gasteiger partial charge in [0, 0.05) is 48.9 Å². The standard InChI is InChI=1S/C26H31N7/c1-17-4-5-21-19(8-17)13-32(25(3)6-7-25)14-22-29-30-23(33(21)22)20-9-26(10-20)15-31(16-26)24-27-11-18(2)12-28-24/h4-5,8,11-12,20H,6-7,9-10,13-16H2,1-3H3. The first-order valence-corrected chi connectivity index (χ1v) is 12.2. The van der Waals surface area contributed by atoms with Crippen molar-refractivity contribution in [3.63, 3.8) is 0 Å². The highest BCUT2D eigenvalue weighted by Gasteiger charge is 2.55. The molecule has 0 N–H and O–H groups in total. The number of anilines is 1. The molecule has 3 fully saturated rings. The number of aromatic nitrogens is 5. The molecule has 7 heteroatoms. The highest BCUT2D eigenvalue weighted by Crippen LogP contribution is 2.56. The normalized spacial score (nSPS) is 22.8. The summed E-state index contributed by atoms with van der Waals surface area (Å²) in [6, 6.07) is 6.88. The molecule has 0 radical (unpaired) electrons. The van der Waals surface area contributed by atoms with Gasteiger partial charge in [-0.2, -0.15) is 0 Å². The fourth-order valence-electron chi connectivity index (χ4n) is 6.21.